The lowest BCUT2D eigenvalue weighted by atomic mass is 9.96. The zero-order valence-corrected chi connectivity index (χ0v) is 18.2. The summed E-state index contributed by atoms with van der Waals surface area (Å²) < 4.78 is 16.8. The van der Waals surface area contributed by atoms with Gasteiger partial charge in [0.25, 0.3) is 0 Å². The molecule has 32 heavy (non-hydrogen) atoms. The zero-order chi connectivity index (χ0) is 23.2. The Morgan fingerprint density at radius 3 is 2.44 bits per heavy atom. The first kappa shape index (κ1) is 25.1. The quantitative estimate of drug-likeness (QED) is 0.443. The van der Waals surface area contributed by atoms with Gasteiger partial charge in [-0.05, 0) is 43.1 Å². The van der Waals surface area contributed by atoms with Crippen molar-refractivity contribution in [2.75, 3.05) is 40.0 Å². The standard InChI is InChI=1S/C21H28N2O3.C2H2O4/c1-24-20-9-2-3-10-21(20)26-16-15-25-14-13-23-12-5-4-8-19(23)18-7-6-11-22-17-18;3-1(4)2(5)6/h2-3,6-7,9-11,17,19H,4-5,8,12-16H2,1H3;(H,3,4)(H,5,6). The van der Waals surface area contributed by atoms with Gasteiger partial charge in [0.15, 0.2) is 11.5 Å². The van der Waals surface area contributed by atoms with Crippen LogP contribution in [-0.4, -0.2) is 72.1 Å². The number of hydrogen-bond donors (Lipinski definition) is 2. The van der Waals surface area contributed by atoms with Crippen LogP contribution in [0.1, 0.15) is 30.9 Å². The second-order valence-corrected chi connectivity index (χ2v) is 7.06. The number of carboxylic acids is 2. The molecule has 1 aliphatic rings. The van der Waals surface area contributed by atoms with Gasteiger partial charge in [0.1, 0.15) is 6.61 Å². The molecule has 0 radical (unpaired) electrons. The summed E-state index contributed by atoms with van der Waals surface area (Å²) in [5.41, 5.74) is 1.31. The Balaban J connectivity index is 0.000000534. The van der Waals surface area contributed by atoms with Crippen LogP contribution in [0, 0.1) is 0 Å². The third-order valence-corrected chi connectivity index (χ3v) is 4.94. The summed E-state index contributed by atoms with van der Waals surface area (Å²) in [6.07, 6.45) is 7.56. The minimum Gasteiger partial charge on any atom is -0.493 e. The minimum atomic E-state index is -1.82. The number of nitrogens with zero attached hydrogens (tertiary/aromatic N) is 2. The number of pyridine rings is 1. The van der Waals surface area contributed by atoms with E-state index in [2.05, 4.69) is 16.0 Å². The Morgan fingerprint density at radius 2 is 1.78 bits per heavy atom. The largest absolute Gasteiger partial charge is 0.493 e. The molecule has 3 rings (SSSR count). The van der Waals surface area contributed by atoms with Crippen molar-refractivity contribution in [3.05, 3.63) is 54.4 Å². The molecule has 1 unspecified atom stereocenters. The van der Waals surface area contributed by atoms with E-state index in [1.165, 1.54) is 24.8 Å². The molecule has 1 aromatic carbocycles. The predicted molar refractivity (Wildman–Crippen MR) is 117 cm³/mol. The lowest BCUT2D eigenvalue weighted by Crippen LogP contribution is -2.36. The lowest BCUT2D eigenvalue weighted by Gasteiger charge is -2.35. The number of carboxylic acid groups (broad SMARTS) is 2. The number of piperidine rings is 1. The number of hydrogen-bond acceptors (Lipinski definition) is 7. The molecule has 0 saturated carbocycles. The van der Waals surface area contributed by atoms with Crippen LogP contribution in [0.3, 0.4) is 0 Å². The van der Waals surface area contributed by atoms with Crippen molar-refractivity contribution in [2.45, 2.75) is 25.3 Å². The van der Waals surface area contributed by atoms with Gasteiger partial charge in [-0.1, -0.05) is 24.6 Å². The molecule has 174 valence electrons. The number of methoxy groups -OCH3 is 1. The van der Waals surface area contributed by atoms with Crippen LogP contribution in [0.2, 0.25) is 0 Å². The van der Waals surface area contributed by atoms with E-state index in [0.717, 1.165) is 24.6 Å². The van der Waals surface area contributed by atoms with Gasteiger partial charge in [-0.15, -0.1) is 0 Å². The fourth-order valence-corrected chi connectivity index (χ4v) is 3.44. The first-order valence-electron chi connectivity index (χ1n) is 10.5. The summed E-state index contributed by atoms with van der Waals surface area (Å²) >= 11 is 0. The van der Waals surface area contributed by atoms with E-state index in [9.17, 15) is 0 Å². The maximum absolute atomic E-state index is 9.10. The van der Waals surface area contributed by atoms with Gasteiger partial charge in [0.05, 0.1) is 20.3 Å². The number of aromatic nitrogens is 1. The second-order valence-electron chi connectivity index (χ2n) is 7.06. The average Bonchev–Trinajstić information content (AvgIpc) is 2.82. The fourth-order valence-electron chi connectivity index (χ4n) is 3.44. The summed E-state index contributed by atoms with van der Waals surface area (Å²) in [5.74, 6) is -2.14. The fraction of sp³-hybridized carbons (Fsp3) is 0.435. The highest BCUT2D eigenvalue weighted by Gasteiger charge is 2.23. The van der Waals surface area contributed by atoms with Crippen molar-refractivity contribution in [3.8, 4) is 11.5 Å². The van der Waals surface area contributed by atoms with E-state index in [4.69, 9.17) is 34.0 Å². The second kappa shape index (κ2) is 14.0. The van der Waals surface area contributed by atoms with E-state index in [-0.39, 0.29) is 0 Å². The Kier molecular flexibility index (Phi) is 11.0. The molecular weight excluding hydrogens is 416 g/mol. The van der Waals surface area contributed by atoms with E-state index < -0.39 is 11.9 Å². The third-order valence-electron chi connectivity index (χ3n) is 4.94. The molecule has 0 bridgehead atoms. The number of likely N-dealkylation sites (tertiary alicyclic amines) is 1. The summed E-state index contributed by atoms with van der Waals surface area (Å²) in [6, 6.07) is 12.3. The molecule has 2 aromatic rings. The number of benzene rings is 1. The molecule has 1 fully saturated rings. The van der Waals surface area contributed by atoms with Crippen LogP contribution >= 0.6 is 0 Å². The molecule has 1 atom stereocenters. The number of para-hydroxylation sites is 2. The molecule has 0 amide bonds. The van der Waals surface area contributed by atoms with Gasteiger partial charge in [-0.25, -0.2) is 9.59 Å². The van der Waals surface area contributed by atoms with Gasteiger partial charge in [0.2, 0.25) is 0 Å². The van der Waals surface area contributed by atoms with Gasteiger partial charge < -0.3 is 24.4 Å². The zero-order valence-electron chi connectivity index (χ0n) is 18.2. The van der Waals surface area contributed by atoms with Crippen LogP contribution in [0.15, 0.2) is 48.8 Å². The van der Waals surface area contributed by atoms with Crippen molar-refractivity contribution >= 4 is 11.9 Å². The van der Waals surface area contributed by atoms with E-state index in [1.807, 2.05) is 42.7 Å². The molecule has 9 nitrogen and oxygen atoms in total. The molecule has 1 aliphatic heterocycles. The Morgan fingerprint density at radius 1 is 1.03 bits per heavy atom. The number of carbonyl (C=O) groups is 2. The smallest absolute Gasteiger partial charge is 0.414 e. The van der Waals surface area contributed by atoms with E-state index >= 15 is 0 Å². The Labute approximate surface area is 187 Å². The number of rotatable bonds is 9. The first-order chi connectivity index (χ1) is 15.5. The SMILES string of the molecule is COc1ccccc1OCCOCCN1CCCCC1c1cccnc1.O=C(O)C(=O)O. The van der Waals surface area contributed by atoms with Crippen LogP contribution in [0.5, 0.6) is 11.5 Å². The van der Waals surface area contributed by atoms with Crippen LogP contribution in [0.4, 0.5) is 0 Å². The first-order valence-corrected chi connectivity index (χ1v) is 10.5. The summed E-state index contributed by atoms with van der Waals surface area (Å²) in [5, 5.41) is 14.8. The molecule has 0 aliphatic carbocycles. The summed E-state index contributed by atoms with van der Waals surface area (Å²) in [7, 11) is 1.65. The van der Waals surface area contributed by atoms with E-state index in [0.29, 0.717) is 25.9 Å². The lowest BCUT2D eigenvalue weighted by molar-refractivity contribution is -0.159. The Bertz CT molecular complexity index is 820. The van der Waals surface area contributed by atoms with Crippen LogP contribution < -0.4 is 9.47 Å². The number of ether oxygens (including phenoxy) is 3. The molecule has 1 aromatic heterocycles. The molecule has 1 saturated heterocycles. The van der Waals surface area contributed by atoms with Crippen LogP contribution in [0.25, 0.3) is 0 Å². The van der Waals surface area contributed by atoms with Crippen LogP contribution in [-0.2, 0) is 14.3 Å². The Hall–Kier alpha value is -3.17. The summed E-state index contributed by atoms with van der Waals surface area (Å²) in [4.78, 5) is 25.0. The highest BCUT2D eigenvalue weighted by atomic mass is 16.5. The van der Waals surface area contributed by atoms with Crippen molar-refractivity contribution in [1.82, 2.24) is 9.88 Å². The van der Waals surface area contributed by atoms with Crippen molar-refractivity contribution in [1.29, 1.82) is 0 Å². The topological polar surface area (TPSA) is 118 Å². The third kappa shape index (κ3) is 8.52. The van der Waals surface area contributed by atoms with Crippen molar-refractivity contribution < 1.29 is 34.0 Å². The highest BCUT2D eigenvalue weighted by Crippen LogP contribution is 2.30. The van der Waals surface area contributed by atoms with Crippen molar-refractivity contribution in [3.63, 3.8) is 0 Å². The minimum absolute atomic E-state index is 0.464. The molecule has 2 N–H and O–H groups in total. The molecule has 9 heteroatoms. The summed E-state index contributed by atoms with van der Waals surface area (Å²) in [6.45, 7) is 3.87. The highest BCUT2D eigenvalue weighted by molar-refractivity contribution is 6.27. The number of aliphatic carboxylic acids is 2. The van der Waals surface area contributed by atoms with Gasteiger partial charge >= 0.3 is 11.9 Å². The average molecular weight is 447 g/mol. The molecule has 0 spiro atoms. The maximum Gasteiger partial charge on any atom is 0.414 e. The maximum atomic E-state index is 9.10. The molecule has 2 heterocycles. The monoisotopic (exact) mass is 446 g/mol. The normalized spacial score (nSPS) is 15.8. The van der Waals surface area contributed by atoms with Gasteiger partial charge in [-0.3, -0.25) is 9.88 Å². The molecular formula is C23H30N2O7. The predicted octanol–water partition coefficient (Wildman–Crippen LogP) is 2.87. The van der Waals surface area contributed by atoms with Gasteiger partial charge in [0, 0.05) is 25.0 Å². The van der Waals surface area contributed by atoms with E-state index in [1.54, 1.807) is 7.11 Å². The van der Waals surface area contributed by atoms with Crippen molar-refractivity contribution in [2.24, 2.45) is 0 Å². The van der Waals surface area contributed by atoms with Gasteiger partial charge in [-0.2, -0.15) is 0 Å².